The number of methoxy groups -OCH3 is 1. The lowest BCUT2D eigenvalue weighted by atomic mass is 10.1. The molecular weight excluding hydrogens is 300 g/mol. The highest BCUT2D eigenvalue weighted by molar-refractivity contribution is 6.07. The Morgan fingerprint density at radius 1 is 1.17 bits per heavy atom. The highest BCUT2D eigenvalue weighted by Gasteiger charge is 2.27. The maximum atomic E-state index is 12.9. The quantitative estimate of drug-likeness (QED) is 0.722. The Hall–Kier alpha value is -2.88. The van der Waals surface area contributed by atoms with Gasteiger partial charge in [-0.05, 0) is 48.7 Å². The molecular formula is C20H18N2O2. The van der Waals surface area contributed by atoms with Gasteiger partial charge in [0.15, 0.2) is 0 Å². The lowest BCUT2D eigenvalue weighted by Gasteiger charge is -2.17. The van der Waals surface area contributed by atoms with Gasteiger partial charge in [-0.15, -0.1) is 0 Å². The zero-order valence-electron chi connectivity index (χ0n) is 13.7. The van der Waals surface area contributed by atoms with Crippen molar-refractivity contribution in [1.29, 1.82) is 0 Å². The summed E-state index contributed by atoms with van der Waals surface area (Å²) in [6.07, 6.45) is 0.835. The zero-order chi connectivity index (χ0) is 16.7. The summed E-state index contributed by atoms with van der Waals surface area (Å²) in [5.41, 5.74) is 3.83. The largest absolute Gasteiger partial charge is 0.497 e. The molecule has 0 fully saturated rings. The lowest BCUT2D eigenvalue weighted by Crippen LogP contribution is -2.29. The Labute approximate surface area is 140 Å². The standard InChI is InChI=1S/C20H18N2O2/c1-13-5-3-6-14-11-15-9-10-22(19(15)21-18(13)14)20(23)16-7-4-8-17(12-16)24-2/h3-8,11-12H,9-10H2,1-2H3. The van der Waals surface area contributed by atoms with Crippen molar-refractivity contribution in [2.75, 3.05) is 18.6 Å². The Morgan fingerprint density at radius 2 is 2.00 bits per heavy atom. The number of ether oxygens (including phenoxy) is 1. The Kier molecular flexibility index (Phi) is 3.45. The number of carbonyl (C=O) groups is 1. The van der Waals surface area contributed by atoms with E-state index in [1.54, 1.807) is 18.1 Å². The number of nitrogens with zero attached hydrogens (tertiary/aromatic N) is 2. The molecule has 120 valence electrons. The summed E-state index contributed by atoms with van der Waals surface area (Å²) in [4.78, 5) is 19.5. The first-order valence-corrected chi connectivity index (χ1v) is 8.02. The molecule has 0 spiro atoms. The van der Waals surface area contributed by atoms with Crippen molar-refractivity contribution < 1.29 is 9.53 Å². The first kappa shape index (κ1) is 14.7. The van der Waals surface area contributed by atoms with Gasteiger partial charge >= 0.3 is 0 Å². The molecule has 0 atom stereocenters. The van der Waals surface area contributed by atoms with E-state index in [1.165, 1.54) is 0 Å². The van der Waals surface area contributed by atoms with E-state index < -0.39 is 0 Å². The molecule has 0 bridgehead atoms. The van der Waals surface area contributed by atoms with Gasteiger partial charge in [-0.2, -0.15) is 0 Å². The molecule has 0 aliphatic carbocycles. The number of rotatable bonds is 2. The molecule has 1 amide bonds. The third kappa shape index (κ3) is 2.31. The number of pyridine rings is 1. The molecule has 0 saturated heterocycles. The molecule has 24 heavy (non-hydrogen) atoms. The lowest BCUT2D eigenvalue weighted by molar-refractivity contribution is 0.0988. The average Bonchev–Trinajstić information content (AvgIpc) is 3.03. The number of aryl methyl sites for hydroxylation is 1. The molecule has 0 unspecified atom stereocenters. The second-order valence-corrected chi connectivity index (χ2v) is 6.06. The first-order chi connectivity index (χ1) is 11.7. The summed E-state index contributed by atoms with van der Waals surface area (Å²) in [5.74, 6) is 1.43. The van der Waals surface area contributed by atoms with Gasteiger partial charge in [0.25, 0.3) is 5.91 Å². The second kappa shape index (κ2) is 5.64. The molecule has 3 aromatic rings. The maximum absolute atomic E-state index is 12.9. The molecule has 1 aliphatic rings. The molecule has 0 saturated carbocycles. The van der Waals surface area contributed by atoms with E-state index in [4.69, 9.17) is 9.72 Å². The number of amides is 1. The highest BCUT2D eigenvalue weighted by Crippen LogP contribution is 2.31. The van der Waals surface area contributed by atoms with E-state index in [0.29, 0.717) is 17.9 Å². The first-order valence-electron chi connectivity index (χ1n) is 8.02. The minimum atomic E-state index is -0.0342. The highest BCUT2D eigenvalue weighted by atomic mass is 16.5. The van der Waals surface area contributed by atoms with Crippen molar-refractivity contribution >= 4 is 22.6 Å². The van der Waals surface area contributed by atoms with Crippen LogP contribution in [0.3, 0.4) is 0 Å². The van der Waals surface area contributed by atoms with Gasteiger partial charge < -0.3 is 4.74 Å². The predicted molar refractivity (Wildman–Crippen MR) is 94.9 cm³/mol. The van der Waals surface area contributed by atoms with E-state index in [0.717, 1.165) is 34.3 Å². The number of hydrogen-bond acceptors (Lipinski definition) is 3. The number of hydrogen-bond donors (Lipinski definition) is 0. The molecule has 1 aliphatic heterocycles. The number of carbonyl (C=O) groups excluding carboxylic acids is 1. The van der Waals surface area contributed by atoms with Gasteiger partial charge in [0.1, 0.15) is 11.6 Å². The predicted octanol–water partition coefficient (Wildman–Crippen LogP) is 3.75. The third-order valence-corrected chi connectivity index (χ3v) is 4.53. The van der Waals surface area contributed by atoms with E-state index in [1.807, 2.05) is 37.3 Å². The molecule has 1 aromatic heterocycles. The number of fused-ring (bicyclic) bond motifs is 2. The summed E-state index contributed by atoms with van der Waals surface area (Å²) < 4.78 is 5.22. The fraction of sp³-hybridized carbons (Fsp3) is 0.200. The van der Waals surface area contributed by atoms with Gasteiger partial charge in [-0.1, -0.05) is 24.3 Å². The minimum Gasteiger partial charge on any atom is -0.497 e. The smallest absolute Gasteiger partial charge is 0.259 e. The molecule has 0 N–H and O–H groups in total. The molecule has 4 nitrogen and oxygen atoms in total. The van der Waals surface area contributed by atoms with E-state index in [9.17, 15) is 4.79 Å². The maximum Gasteiger partial charge on any atom is 0.259 e. The van der Waals surface area contributed by atoms with Gasteiger partial charge in [-0.3, -0.25) is 9.69 Å². The van der Waals surface area contributed by atoms with E-state index >= 15 is 0 Å². The topological polar surface area (TPSA) is 42.4 Å². The van der Waals surface area contributed by atoms with Crippen LogP contribution in [-0.2, 0) is 6.42 Å². The van der Waals surface area contributed by atoms with Crippen LogP contribution in [0.4, 0.5) is 5.82 Å². The SMILES string of the molecule is COc1cccc(C(=O)N2CCc3cc4cccc(C)c4nc32)c1. The Balaban J connectivity index is 1.77. The molecule has 2 aromatic carbocycles. The summed E-state index contributed by atoms with van der Waals surface area (Å²) in [7, 11) is 1.60. The minimum absolute atomic E-state index is 0.0342. The van der Waals surface area contributed by atoms with E-state index in [2.05, 4.69) is 12.1 Å². The third-order valence-electron chi connectivity index (χ3n) is 4.53. The number of benzene rings is 2. The molecule has 4 rings (SSSR count). The van der Waals surface area contributed by atoms with Gasteiger partial charge in [0, 0.05) is 17.5 Å². The van der Waals surface area contributed by atoms with Crippen molar-refractivity contribution in [3.8, 4) is 5.75 Å². The van der Waals surface area contributed by atoms with Gasteiger partial charge in [0.05, 0.1) is 12.6 Å². The van der Waals surface area contributed by atoms with Crippen LogP contribution in [0.2, 0.25) is 0 Å². The van der Waals surface area contributed by atoms with Crippen LogP contribution < -0.4 is 9.64 Å². The summed E-state index contributed by atoms with van der Waals surface area (Å²) >= 11 is 0. The van der Waals surface area contributed by atoms with E-state index in [-0.39, 0.29) is 5.91 Å². The second-order valence-electron chi connectivity index (χ2n) is 6.06. The summed E-state index contributed by atoms with van der Waals surface area (Å²) in [5, 5.41) is 1.13. The van der Waals surface area contributed by atoms with Crippen molar-refractivity contribution in [1.82, 2.24) is 4.98 Å². The van der Waals surface area contributed by atoms with Crippen LogP contribution in [-0.4, -0.2) is 24.5 Å². The van der Waals surface area contributed by atoms with Crippen LogP contribution in [0, 0.1) is 6.92 Å². The van der Waals surface area contributed by atoms with Crippen molar-refractivity contribution in [2.45, 2.75) is 13.3 Å². The Bertz CT molecular complexity index is 950. The van der Waals surface area contributed by atoms with Crippen molar-refractivity contribution in [3.63, 3.8) is 0 Å². The number of para-hydroxylation sites is 1. The number of anilines is 1. The van der Waals surface area contributed by atoms with Crippen LogP contribution in [0.25, 0.3) is 10.9 Å². The van der Waals surface area contributed by atoms with Crippen molar-refractivity contribution in [3.05, 3.63) is 65.2 Å². The fourth-order valence-electron chi connectivity index (χ4n) is 3.25. The van der Waals surface area contributed by atoms with Gasteiger partial charge in [0.2, 0.25) is 0 Å². The average molecular weight is 318 g/mol. The zero-order valence-corrected chi connectivity index (χ0v) is 13.7. The molecule has 0 radical (unpaired) electrons. The molecule has 4 heteroatoms. The Morgan fingerprint density at radius 3 is 2.83 bits per heavy atom. The number of aromatic nitrogens is 1. The van der Waals surface area contributed by atoms with Crippen LogP contribution in [0.1, 0.15) is 21.5 Å². The summed E-state index contributed by atoms with van der Waals surface area (Å²) in [6, 6.07) is 15.6. The van der Waals surface area contributed by atoms with Crippen LogP contribution in [0.15, 0.2) is 48.5 Å². The monoisotopic (exact) mass is 318 g/mol. The van der Waals surface area contributed by atoms with Crippen LogP contribution in [0.5, 0.6) is 5.75 Å². The van der Waals surface area contributed by atoms with Gasteiger partial charge in [-0.25, -0.2) is 4.98 Å². The van der Waals surface area contributed by atoms with Crippen molar-refractivity contribution in [2.24, 2.45) is 0 Å². The molecule has 2 heterocycles. The summed E-state index contributed by atoms with van der Waals surface area (Å²) in [6.45, 7) is 2.71. The van der Waals surface area contributed by atoms with Crippen LogP contribution >= 0.6 is 0 Å². The normalized spacial score (nSPS) is 13.2. The fourth-order valence-corrected chi connectivity index (χ4v) is 3.25.